The fraction of sp³-hybridized carbons (Fsp3) is 0. The molecule has 0 aromatic heterocycles. The van der Waals surface area contributed by atoms with Crippen molar-refractivity contribution < 1.29 is 29.7 Å². The summed E-state index contributed by atoms with van der Waals surface area (Å²) in [4.78, 5) is 0. The summed E-state index contributed by atoms with van der Waals surface area (Å²) in [5.41, 5.74) is 0. The third-order valence-electron chi connectivity index (χ3n) is 2.52. The van der Waals surface area contributed by atoms with Gasteiger partial charge in [0.1, 0.15) is 11.5 Å². The third-order valence-corrected chi connectivity index (χ3v) is 2.52. The SMILES string of the molecule is Oc1cccc2ccccc12.Oc1ccccc1.[Zn]. The molecule has 0 atom stereocenters. The maximum atomic E-state index is 9.37. The summed E-state index contributed by atoms with van der Waals surface area (Å²) in [7, 11) is 0. The van der Waals surface area contributed by atoms with Crippen molar-refractivity contribution in [2.75, 3.05) is 0 Å². The maximum Gasteiger partial charge on any atom is 0.123 e. The molecular weight excluding hydrogens is 290 g/mol. The average Bonchev–Trinajstić information content (AvgIpc) is 2.41. The second-order valence-corrected chi connectivity index (χ2v) is 3.83. The van der Waals surface area contributed by atoms with E-state index in [1.54, 1.807) is 30.3 Å². The van der Waals surface area contributed by atoms with E-state index in [1.165, 1.54) is 0 Å². The van der Waals surface area contributed by atoms with Gasteiger partial charge in [-0.1, -0.05) is 54.6 Å². The molecule has 0 aliphatic rings. The van der Waals surface area contributed by atoms with E-state index in [1.807, 2.05) is 42.5 Å². The van der Waals surface area contributed by atoms with E-state index >= 15 is 0 Å². The van der Waals surface area contributed by atoms with E-state index in [2.05, 4.69) is 0 Å². The normalized spacial score (nSPS) is 9.05. The molecule has 0 heterocycles. The van der Waals surface area contributed by atoms with Crippen LogP contribution in [-0.2, 0) is 19.5 Å². The van der Waals surface area contributed by atoms with Crippen molar-refractivity contribution in [3.63, 3.8) is 0 Å². The van der Waals surface area contributed by atoms with Crippen LogP contribution < -0.4 is 0 Å². The van der Waals surface area contributed by atoms with Gasteiger partial charge < -0.3 is 10.2 Å². The van der Waals surface area contributed by atoms with Crippen LogP contribution in [-0.4, -0.2) is 10.2 Å². The van der Waals surface area contributed by atoms with Crippen molar-refractivity contribution in [2.24, 2.45) is 0 Å². The summed E-state index contributed by atoms with van der Waals surface area (Å²) >= 11 is 0. The second kappa shape index (κ2) is 7.55. The number of hydrogen-bond donors (Lipinski definition) is 2. The van der Waals surface area contributed by atoms with Crippen LogP contribution in [0.2, 0.25) is 0 Å². The predicted molar refractivity (Wildman–Crippen MR) is 73.7 cm³/mol. The van der Waals surface area contributed by atoms with Crippen molar-refractivity contribution in [1.29, 1.82) is 0 Å². The summed E-state index contributed by atoms with van der Waals surface area (Å²) in [6.07, 6.45) is 0. The van der Waals surface area contributed by atoms with Gasteiger partial charge in [0, 0.05) is 24.9 Å². The molecule has 3 rings (SSSR count). The monoisotopic (exact) mass is 302 g/mol. The molecule has 3 aromatic rings. The minimum Gasteiger partial charge on any atom is -0.508 e. The van der Waals surface area contributed by atoms with Crippen LogP contribution >= 0.6 is 0 Å². The molecule has 3 heteroatoms. The quantitative estimate of drug-likeness (QED) is 0.618. The Morgan fingerprint density at radius 1 is 0.579 bits per heavy atom. The first-order valence-corrected chi connectivity index (χ1v) is 5.68. The van der Waals surface area contributed by atoms with Crippen molar-refractivity contribution in [3.05, 3.63) is 72.8 Å². The molecule has 0 unspecified atom stereocenters. The van der Waals surface area contributed by atoms with Crippen LogP contribution in [0.4, 0.5) is 0 Å². The summed E-state index contributed by atoms with van der Waals surface area (Å²) in [5, 5.41) is 20.0. The van der Waals surface area contributed by atoms with Gasteiger partial charge in [0.15, 0.2) is 0 Å². The van der Waals surface area contributed by atoms with Gasteiger partial charge >= 0.3 is 0 Å². The molecule has 0 amide bonds. The fourth-order valence-electron chi connectivity index (χ4n) is 1.64. The zero-order valence-electron chi connectivity index (χ0n) is 10.5. The number of benzene rings is 3. The predicted octanol–water partition coefficient (Wildman–Crippen LogP) is 3.94. The van der Waals surface area contributed by atoms with Gasteiger partial charge in [-0.25, -0.2) is 0 Å². The molecule has 0 bridgehead atoms. The summed E-state index contributed by atoms with van der Waals surface area (Å²) < 4.78 is 0. The number of fused-ring (bicyclic) bond motifs is 1. The van der Waals surface area contributed by atoms with Gasteiger partial charge in [-0.2, -0.15) is 0 Å². The molecule has 2 N–H and O–H groups in total. The molecule has 0 radical (unpaired) electrons. The molecule has 3 aromatic carbocycles. The number of aromatic hydroxyl groups is 2. The van der Waals surface area contributed by atoms with Crippen LogP contribution in [0.25, 0.3) is 10.8 Å². The van der Waals surface area contributed by atoms with Crippen LogP contribution in [0.1, 0.15) is 0 Å². The Labute approximate surface area is 125 Å². The van der Waals surface area contributed by atoms with Crippen LogP contribution in [0, 0.1) is 0 Å². The van der Waals surface area contributed by atoms with Gasteiger partial charge in [0.25, 0.3) is 0 Å². The minimum absolute atomic E-state index is 0. The summed E-state index contributed by atoms with van der Waals surface area (Å²) in [6.45, 7) is 0. The number of hydrogen-bond acceptors (Lipinski definition) is 2. The number of rotatable bonds is 0. The Bertz CT molecular complexity index is 618. The Hall–Kier alpha value is -1.86. The molecule has 92 valence electrons. The zero-order chi connectivity index (χ0) is 12.8. The number of phenols is 2. The topological polar surface area (TPSA) is 40.5 Å². The first kappa shape index (κ1) is 15.2. The molecule has 2 nitrogen and oxygen atoms in total. The van der Waals surface area contributed by atoms with Crippen molar-refractivity contribution in [2.45, 2.75) is 0 Å². The van der Waals surface area contributed by atoms with Gasteiger partial charge in [-0.3, -0.25) is 0 Å². The molecule has 0 saturated heterocycles. The minimum atomic E-state index is 0. The molecule has 0 aliphatic carbocycles. The number of para-hydroxylation sites is 1. The van der Waals surface area contributed by atoms with Crippen LogP contribution in [0.5, 0.6) is 11.5 Å². The van der Waals surface area contributed by atoms with E-state index in [4.69, 9.17) is 5.11 Å². The van der Waals surface area contributed by atoms with Crippen molar-refractivity contribution in [3.8, 4) is 11.5 Å². The van der Waals surface area contributed by atoms with Crippen LogP contribution in [0.15, 0.2) is 72.8 Å². The Morgan fingerprint density at radius 3 is 1.74 bits per heavy atom. The Kier molecular flexibility index (Phi) is 6.04. The first-order chi connectivity index (χ1) is 8.77. The van der Waals surface area contributed by atoms with E-state index in [9.17, 15) is 5.11 Å². The molecule has 0 fully saturated rings. The first-order valence-electron chi connectivity index (χ1n) is 5.68. The Balaban J connectivity index is 0.000000198. The molecule has 0 saturated carbocycles. The van der Waals surface area contributed by atoms with Crippen molar-refractivity contribution in [1.82, 2.24) is 0 Å². The standard InChI is InChI=1S/C10H8O.C6H6O.Zn/c11-10-7-3-5-8-4-1-2-6-9(8)10;7-6-4-2-1-3-5-6;/h1-7,11H;1-5,7H;. The second-order valence-electron chi connectivity index (χ2n) is 3.83. The van der Waals surface area contributed by atoms with E-state index in [-0.39, 0.29) is 19.5 Å². The third kappa shape index (κ3) is 4.38. The van der Waals surface area contributed by atoms with Crippen LogP contribution in [0.3, 0.4) is 0 Å². The van der Waals surface area contributed by atoms with Gasteiger partial charge in [-0.15, -0.1) is 0 Å². The Morgan fingerprint density at radius 2 is 1.16 bits per heavy atom. The zero-order valence-corrected chi connectivity index (χ0v) is 13.5. The molecule has 0 aliphatic heterocycles. The smallest absolute Gasteiger partial charge is 0.123 e. The van der Waals surface area contributed by atoms with Crippen molar-refractivity contribution >= 4 is 10.8 Å². The average molecular weight is 304 g/mol. The summed E-state index contributed by atoms with van der Waals surface area (Å²) in [5.74, 6) is 0.672. The molecule has 19 heavy (non-hydrogen) atoms. The van der Waals surface area contributed by atoms with Gasteiger partial charge in [0.05, 0.1) is 0 Å². The number of phenolic OH excluding ortho intramolecular Hbond substituents is 2. The van der Waals surface area contributed by atoms with Gasteiger partial charge in [0.2, 0.25) is 0 Å². The van der Waals surface area contributed by atoms with E-state index < -0.39 is 0 Å². The molecular formula is C16H14O2Zn. The maximum absolute atomic E-state index is 9.37. The summed E-state index contributed by atoms with van der Waals surface area (Å²) in [6, 6.07) is 22.0. The largest absolute Gasteiger partial charge is 0.508 e. The van der Waals surface area contributed by atoms with Gasteiger partial charge in [-0.05, 0) is 23.6 Å². The fourth-order valence-corrected chi connectivity index (χ4v) is 1.64. The molecule has 0 spiro atoms. The van der Waals surface area contributed by atoms with E-state index in [0.717, 1.165) is 10.8 Å². The van der Waals surface area contributed by atoms with E-state index in [0.29, 0.717) is 11.5 Å².